The third kappa shape index (κ3) is 5.22. The minimum absolute atomic E-state index is 0.00889. The van der Waals surface area contributed by atoms with Crippen molar-refractivity contribution < 1.29 is 18.0 Å². The Hall–Kier alpha value is -1.62. The number of nitrogens with zero attached hydrogens (tertiary/aromatic N) is 2. The SMILES string of the molecule is NS(=O)(=O)c1ccc(NC(=O)CN2CCCC2C(=O)N2CCSCC2)cc1. The summed E-state index contributed by atoms with van der Waals surface area (Å²) in [6, 6.07) is 5.46. The van der Waals surface area contributed by atoms with Gasteiger partial charge in [0.15, 0.2) is 0 Å². The summed E-state index contributed by atoms with van der Waals surface area (Å²) in [6.45, 7) is 2.40. The summed E-state index contributed by atoms with van der Waals surface area (Å²) in [5.41, 5.74) is 0.488. The molecular weight excluding hydrogens is 388 g/mol. The molecule has 1 unspecified atom stereocenters. The molecule has 2 fully saturated rings. The lowest BCUT2D eigenvalue weighted by Gasteiger charge is -2.32. The molecule has 1 aromatic rings. The van der Waals surface area contributed by atoms with E-state index in [0.717, 1.165) is 44.0 Å². The van der Waals surface area contributed by atoms with Crippen molar-refractivity contribution in [1.29, 1.82) is 0 Å². The molecule has 2 aliphatic heterocycles. The average molecular weight is 413 g/mol. The maximum absolute atomic E-state index is 12.8. The Kier molecular flexibility index (Phi) is 6.40. The standard InChI is InChI=1S/C17H24N4O4S2/c18-27(24,25)14-5-3-13(4-6-14)19-16(22)12-21-7-1-2-15(21)17(23)20-8-10-26-11-9-20/h3-6,15H,1-2,7-12H2,(H,19,22)(H2,18,24,25). The first kappa shape index (κ1) is 20.1. The van der Waals surface area contributed by atoms with Gasteiger partial charge in [0, 0.05) is 30.3 Å². The summed E-state index contributed by atoms with van der Waals surface area (Å²) in [5, 5.41) is 7.81. The molecular formula is C17H24N4O4S2. The van der Waals surface area contributed by atoms with Crippen LogP contribution in [0.2, 0.25) is 0 Å². The van der Waals surface area contributed by atoms with Crippen molar-refractivity contribution in [3.05, 3.63) is 24.3 Å². The van der Waals surface area contributed by atoms with Crippen LogP contribution in [-0.4, -0.2) is 73.8 Å². The number of hydrogen-bond acceptors (Lipinski definition) is 6. The predicted octanol–water partition coefficient (Wildman–Crippen LogP) is 0.312. The van der Waals surface area contributed by atoms with Gasteiger partial charge in [0.05, 0.1) is 17.5 Å². The number of likely N-dealkylation sites (tertiary alicyclic amines) is 1. The fourth-order valence-electron chi connectivity index (χ4n) is 3.40. The van der Waals surface area contributed by atoms with Crippen LogP contribution in [0.3, 0.4) is 0 Å². The smallest absolute Gasteiger partial charge is 0.239 e. The van der Waals surface area contributed by atoms with E-state index in [2.05, 4.69) is 5.32 Å². The van der Waals surface area contributed by atoms with Crippen LogP contribution in [0.4, 0.5) is 5.69 Å². The van der Waals surface area contributed by atoms with Gasteiger partial charge < -0.3 is 10.2 Å². The van der Waals surface area contributed by atoms with E-state index in [1.807, 2.05) is 21.6 Å². The van der Waals surface area contributed by atoms with Crippen LogP contribution in [0.5, 0.6) is 0 Å². The van der Waals surface area contributed by atoms with E-state index in [4.69, 9.17) is 5.14 Å². The van der Waals surface area contributed by atoms with E-state index in [1.54, 1.807) is 0 Å². The van der Waals surface area contributed by atoms with E-state index in [1.165, 1.54) is 24.3 Å². The van der Waals surface area contributed by atoms with Crippen molar-refractivity contribution in [3.8, 4) is 0 Å². The molecule has 0 saturated carbocycles. The van der Waals surface area contributed by atoms with Crippen molar-refractivity contribution in [2.24, 2.45) is 5.14 Å². The van der Waals surface area contributed by atoms with Gasteiger partial charge >= 0.3 is 0 Å². The summed E-state index contributed by atoms with van der Waals surface area (Å²) in [5.74, 6) is 1.83. The Bertz CT molecular complexity index is 792. The van der Waals surface area contributed by atoms with Crippen LogP contribution in [0.15, 0.2) is 29.2 Å². The Morgan fingerprint density at radius 3 is 2.44 bits per heavy atom. The highest BCUT2D eigenvalue weighted by atomic mass is 32.2. The number of benzene rings is 1. The van der Waals surface area contributed by atoms with Gasteiger partial charge in [0.25, 0.3) is 0 Å². The summed E-state index contributed by atoms with van der Waals surface area (Å²) in [4.78, 5) is 29.0. The molecule has 27 heavy (non-hydrogen) atoms. The molecule has 0 aliphatic carbocycles. The summed E-state index contributed by atoms with van der Waals surface area (Å²) in [6.07, 6.45) is 1.67. The number of nitrogens with two attached hydrogens (primary N) is 1. The second-order valence-electron chi connectivity index (χ2n) is 6.68. The topological polar surface area (TPSA) is 113 Å². The van der Waals surface area contributed by atoms with Crippen molar-refractivity contribution in [1.82, 2.24) is 9.80 Å². The zero-order valence-electron chi connectivity index (χ0n) is 15.0. The largest absolute Gasteiger partial charge is 0.340 e. The van der Waals surface area contributed by atoms with E-state index in [0.29, 0.717) is 5.69 Å². The number of amides is 2. The number of carbonyl (C=O) groups excluding carboxylic acids is 2. The molecule has 1 atom stereocenters. The zero-order valence-corrected chi connectivity index (χ0v) is 16.6. The molecule has 0 radical (unpaired) electrons. The van der Waals surface area contributed by atoms with Crippen LogP contribution >= 0.6 is 11.8 Å². The molecule has 3 N–H and O–H groups in total. The fraction of sp³-hybridized carbons (Fsp3) is 0.529. The van der Waals surface area contributed by atoms with Gasteiger partial charge in [-0.15, -0.1) is 0 Å². The molecule has 2 heterocycles. The molecule has 2 saturated heterocycles. The molecule has 0 aromatic heterocycles. The molecule has 2 aliphatic rings. The first-order chi connectivity index (χ1) is 12.8. The number of sulfonamides is 1. The number of carbonyl (C=O) groups is 2. The second-order valence-corrected chi connectivity index (χ2v) is 9.47. The third-order valence-corrected chi connectivity index (χ3v) is 6.66. The summed E-state index contributed by atoms with van der Waals surface area (Å²) >= 11 is 1.86. The van der Waals surface area contributed by atoms with Gasteiger partial charge in [-0.1, -0.05) is 0 Å². The quantitative estimate of drug-likeness (QED) is 0.720. The Labute approximate surface area is 163 Å². The molecule has 0 bridgehead atoms. The van der Waals surface area contributed by atoms with E-state index >= 15 is 0 Å². The van der Waals surface area contributed by atoms with Crippen LogP contribution in [-0.2, 0) is 19.6 Å². The molecule has 0 spiro atoms. The lowest BCUT2D eigenvalue weighted by atomic mass is 10.2. The van der Waals surface area contributed by atoms with Crippen LogP contribution in [0.25, 0.3) is 0 Å². The van der Waals surface area contributed by atoms with Crippen LogP contribution < -0.4 is 10.5 Å². The Balaban J connectivity index is 1.57. The number of rotatable bonds is 5. The van der Waals surface area contributed by atoms with E-state index in [-0.39, 0.29) is 29.3 Å². The highest BCUT2D eigenvalue weighted by molar-refractivity contribution is 7.99. The number of thioether (sulfide) groups is 1. The van der Waals surface area contributed by atoms with Crippen molar-refractivity contribution in [3.63, 3.8) is 0 Å². The van der Waals surface area contributed by atoms with Gasteiger partial charge in [-0.3, -0.25) is 14.5 Å². The predicted molar refractivity (Wildman–Crippen MR) is 105 cm³/mol. The normalized spacial score (nSPS) is 21.2. The van der Waals surface area contributed by atoms with Crippen molar-refractivity contribution in [2.75, 3.05) is 43.0 Å². The zero-order chi connectivity index (χ0) is 19.4. The van der Waals surface area contributed by atoms with Gasteiger partial charge in [0.2, 0.25) is 21.8 Å². The highest BCUT2D eigenvalue weighted by Crippen LogP contribution is 2.21. The van der Waals surface area contributed by atoms with Crippen molar-refractivity contribution >= 4 is 39.3 Å². The fourth-order valence-corrected chi connectivity index (χ4v) is 4.82. The Morgan fingerprint density at radius 2 is 1.81 bits per heavy atom. The number of nitrogens with one attached hydrogen (secondary N) is 1. The minimum Gasteiger partial charge on any atom is -0.340 e. The van der Waals surface area contributed by atoms with Crippen molar-refractivity contribution in [2.45, 2.75) is 23.8 Å². The maximum Gasteiger partial charge on any atom is 0.239 e. The average Bonchev–Trinajstić information content (AvgIpc) is 3.09. The van der Waals surface area contributed by atoms with Gasteiger partial charge in [-0.05, 0) is 43.7 Å². The first-order valence-corrected chi connectivity index (χ1v) is 11.6. The molecule has 148 valence electrons. The Morgan fingerprint density at radius 1 is 1.15 bits per heavy atom. The minimum atomic E-state index is -3.76. The van der Waals surface area contributed by atoms with E-state index in [9.17, 15) is 18.0 Å². The monoisotopic (exact) mass is 412 g/mol. The maximum atomic E-state index is 12.8. The molecule has 8 nitrogen and oxygen atoms in total. The summed E-state index contributed by atoms with van der Waals surface area (Å²) < 4.78 is 22.5. The van der Waals surface area contributed by atoms with Gasteiger partial charge in [0.1, 0.15) is 0 Å². The second kappa shape index (κ2) is 8.59. The van der Waals surface area contributed by atoms with Gasteiger partial charge in [-0.2, -0.15) is 11.8 Å². The lowest BCUT2D eigenvalue weighted by molar-refractivity contribution is -0.136. The molecule has 2 amide bonds. The number of anilines is 1. The molecule has 3 rings (SSSR count). The summed E-state index contributed by atoms with van der Waals surface area (Å²) in [7, 11) is -3.76. The van der Waals surface area contributed by atoms with Crippen LogP contribution in [0, 0.1) is 0 Å². The van der Waals surface area contributed by atoms with Crippen LogP contribution in [0.1, 0.15) is 12.8 Å². The molecule has 1 aromatic carbocycles. The number of primary sulfonamides is 1. The molecule has 10 heteroatoms. The highest BCUT2D eigenvalue weighted by Gasteiger charge is 2.35. The third-order valence-electron chi connectivity index (χ3n) is 4.78. The lowest BCUT2D eigenvalue weighted by Crippen LogP contribution is -2.49. The van der Waals surface area contributed by atoms with Gasteiger partial charge in [-0.25, -0.2) is 13.6 Å². The first-order valence-electron chi connectivity index (χ1n) is 8.88. The van der Waals surface area contributed by atoms with E-state index < -0.39 is 10.0 Å². The number of hydrogen-bond donors (Lipinski definition) is 2.